The summed E-state index contributed by atoms with van der Waals surface area (Å²) in [5, 5.41) is 4.07. The van der Waals surface area contributed by atoms with Crippen LogP contribution < -0.4 is 5.73 Å². The van der Waals surface area contributed by atoms with Crippen molar-refractivity contribution >= 4 is 17.3 Å². The first-order chi connectivity index (χ1) is 6.27. The lowest BCUT2D eigenvalue weighted by Gasteiger charge is -2.01. The summed E-state index contributed by atoms with van der Waals surface area (Å²) in [4.78, 5) is 8.11. The summed E-state index contributed by atoms with van der Waals surface area (Å²) in [5.41, 5.74) is 8.60. The van der Waals surface area contributed by atoms with E-state index in [1.54, 1.807) is 17.5 Å². The second-order valence-electron chi connectivity index (χ2n) is 2.77. The molecule has 0 unspecified atom stereocenters. The van der Waals surface area contributed by atoms with Crippen molar-refractivity contribution in [2.75, 3.05) is 5.73 Å². The fraction of sp³-hybridized carbons (Fsp3) is 0.111. The Morgan fingerprint density at radius 1 is 1.46 bits per heavy atom. The standard InChI is InChI=1S/C9H9N3S/c1-6-4-11-9(10)12-8(6)7-2-3-13-5-7/h2-5H,1H3,(H2,10,11,12). The number of hydrogen-bond donors (Lipinski definition) is 1. The quantitative estimate of drug-likeness (QED) is 0.751. The molecule has 4 heteroatoms. The van der Waals surface area contributed by atoms with Crippen LogP contribution in [0.1, 0.15) is 5.56 Å². The summed E-state index contributed by atoms with van der Waals surface area (Å²) in [6.07, 6.45) is 1.75. The molecule has 2 heterocycles. The predicted molar refractivity (Wildman–Crippen MR) is 54.5 cm³/mol. The van der Waals surface area contributed by atoms with Gasteiger partial charge < -0.3 is 5.73 Å². The molecule has 0 spiro atoms. The van der Waals surface area contributed by atoms with Crippen LogP contribution in [-0.2, 0) is 0 Å². The van der Waals surface area contributed by atoms with E-state index in [1.165, 1.54) is 0 Å². The Morgan fingerprint density at radius 2 is 2.31 bits per heavy atom. The average Bonchev–Trinajstić information content (AvgIpc) is 2.61. The first-order valence-electron chi connectivity index (χ1n) is 3.89. The number of rotatable bonds is 1. The monoisotopic (exact) mass is 191 g/mol. The highest BCUT2D eigenvalue weighted by Gasteiger charge is 2.04. The number of anilines is 1. The van der Waals surface area contributed by atoms with E-state index < -0.39 is 0 Å². The molecule has 2 N–H and O–H groups in total. The fourth-order valence-corrected chi connectivity index (χ4v) is 1.79. The van der Waals surface area contributed by atoms with Gasteiger partial charge in [0.05, 0.1) is 5.69 Å². The zero-order valence-electron chi connectivity index (χ0n) is 7.19. The average molecular weight is 191 g/mol. The van der Waals surface area contributed by atoms with Gasteiger partial charge in [0.15, 0.2) is 0 Å². The topological polar surface area (TPSA) is 51.8 Å². The third-order valence-corrected chi connectivity index (χ3v) is 2.47. The third kappa shape index (κ3) is 1.53. The van der Waals surface area contributed by atoms with Gasteiger partial charge in [-0.3, -0.25) is 0 Å². The molecular weight excluding hydrogens is 182 g/mol. The second-order valence-corrected chi connectivity index (χ2v) is 3.55. The lowest BCUT2D eigenvalue weighted by Crippen LogP contribution is -1.97. The van der Waals surface area contributed by atoms with Crippen LogP contribution >= 0.6 is 11.3 Å². The van der Waals surface area contributed by atoms with Crippen molar-refractivity contribution in [3.63, 3.8) is 0 Å². The molecule has 0 aliphatic heterocycles. The first-order valence-corrected chi connectivity index (χ1v) is 4.83. The molecule has 2 aromatic heterocycles. The highest BCUT2D eigenvalue weighted by Crippen LogP contribution is 2.23. The second kappa shape index (κ2) is 3.14. The van der Waals surface area contributed by atoms with Crippen molar-refractivity contribution in [2.24, 2.45) is 0 Å². The highest BCUT2D eigenvalue weighted by atomic mass is 32.1. The Labute approximate surface area is 80.3 Å². The molecule has 0 atom stereocenters. The van der Waals surface area contributed by atoms with Gasteiger partial charge in [-0.2, -0.15) is 11.3 Å². The van der Waals surface area contributed by atoms with Crippen molar-refractivity contribution in [1.29, 1.82) is 0 Å². The summed E-state index contributed by atoms with van der Waals surface area (Å²) in [5.74, 6) is 0.326. The molecule has 0 aliphatic carbocycles. The predicted octanol–water partition coefficient (Wildman–Crippen LogP) is 2.10. The van der Waals surface area contributed by atoms with Gasteiger partial charge in [0.25, 0.3) is 0 Å². The van der Waals surface area contributed by atoms with Crippen LogP contribution in [0.4, 0.5) is 5.95 Å². The summed E-state index contributed by atoms with van der Waals surface area (Å²) in [6, 6.07) is 2.03. The zero-order chi connectivity index (χ0) is 9.26. The van der Waals surface area contributed by atoms with E-state index in [2.05, 4.69) is 15.3 Å². The smallest absolute Gasteiger partial charge is 0.220 e. The molecule has 2 aromatic rings. The Morgan fingerprint density at radius 3 is 3.00 bits per heavy atom. The minimum absolute atomic E-state index is 0.326. The molecule has 2 rings (SSSR count). The van der Waals surface area contributed by atoms with Gasteiger partial charge in [0.1, 0.15) is 0 Å². The van der Waals surface area contributed by atoms with Crippen molar-refractivity contribution in [3.05, 3.63) is 28.6 Å². The molecule has 3 nitrogen and oxygen atoms in total. The number of nitrogens with zero attached hydrogens (tertiary/aromatic N) is 2. The van der Waals surface area contributed by atoms with Crippen LogP contribution in [0.3, 0.4) is 0 Å². The largest absolute Gasteiger partial charge is 0.368 e. The molecule has 0 saturated heterocycles. The molecule has 0 fully saturated rings. The number of nitrogens with two attached hydrogens (primary N) is 1. The van der Waals surface area contributed by atoms with Gasteiger partial charge in [-0.1, -0.05) is 0 Å². The molecule has 0 radical (unpaired) electrons. The Hall–Kier alpha value is -1.42. The van der Waals surface area contributed by atoms with Gasteiger partial charge in [-0.15, -0.1) is 0 Å². The Balaban J connectivity index is 2.57. The SMILES string of the molecule is Cc1cnc(N)nc1-c1ccsc1. The number of aryl methyl sites for hydroxylation is 1. The summed E-state index contributed by atoms with van der Waals surface area (Å²) in [6.45, 7) is 1.98. The van der Waals surface area contributed by atoms with E-state index in [1.807, 2.05) is 18.4 Å². The fourth-order valence-electron chi connectivity index (χ4n) is 1.15. The molecule has 66 valence electrons. The number of thiophene rings is 1. The van der Waals surface area contributed by atoms with Crippen molar-refractivity contribution in [1.82, 2.24) is 9.97 Å². The molecule has 0 aromatic carbocycles. The molecular formula is C9H9N3S. The van der Waals surface area contributed by atoms with E-state index in [-0.39, 0.29) is 0 Å². The maximum absolute atomic E-state index is 5.51. The van der Waals surface area contributed by atoms with Gasteiger partial charge in [-0.25, -0.2) is 9.97 Å². The maximum Gasteiger partial charge on any atom is 0.220 e. The van der Waals surface area contributed by atoms with Crippen LogP contribution in [0.2, 0.25) is 0 Å². The number of aromatic nitrogens is 2. The van der Waals surface area contributed by atoms with Crippen LogP contribution in [0.25, 0.3) is 11.3 Å². The van der Waals surface area contributed by atoms with Crippen molar-refractivity contribution < 1.29 is 0 Å². The normalized spacial score (nSPS) is 10.2. The molecule has 13 heavy (non-hydrogen) atoms. The van der Waals surface area contributed by atoms with E-state index in [0.717, 1.165) is 16.8 Å². The lowest BCUT2D eigenvalue weighted by molar-refractivity contribution is 1.15. The van der Waals surface area contributed by atoms with Gasteiger partial charge in [0.2, 0.25) is 5.95 Å². The van der Waals surface area contributed by atoms with Crippen LogP contribution in [0.15, 0.2) is 23.0 Å². The zero-order valence-corrected chi connectivity index (χ0v) is 8.01. The summed E-state index contributed by atoms with van der Waals surface area (Å²) in [7, 11) is 0. The van der Waals surface area contributed by atoms with Gasteiger partial charge in [-0.05, 0) is 23.9 Å². The Bertz CT molecular complexity index is 409. The maximum atomic E-state index is 5.51. The molecule has 0 amide bonds. The minimum atomic E-state index is 0.326. The van der Waals surface area contributed by atoms with E-state index in [9.17, 15) is 0 Å². The molecule has 0 bridgehead atoms. The van der Waals surface area contributed by atoms with Crippen LogP contribution in [0, 0.1) is 6.92 Å². The summed E-state index contributed by atoms with van der Waals surface area (Å²) < 4.78 is 0. The van der Waals surface area contributed by atoms with Gasteiger partial charge in [0, 0.05) is 17.1 Å². The first kappa shape index (κ1) is 8.19. The van der Waals surface area contributed by atoms with Crippen molar-refractivity contribution in [3.8, 4) is 11.3 Å². The van der Waals surface area contributed by atoms with E-state index in [4.69, 9.17) is 5.73 Å². The Kier molecular flexibility index (Phi) is 1.98. The minimum Gasteiger partial charge on any atom is -0.368 e. The van der Waals surface area contributed by atoms with E-state index in [0.29, 0.717) is 5.95 Å². The van der Waals surface area contributed by atoms with Gasteiger partial charge >= 0.3 is 0 Å². The third-order valence-electron chi connectivity index (χ3n) is 1.78. The van der Waals surface area contributed by atoms with Crippen LogP contribution in [0.5, 0.6) is 0 Å². The van der Waals surface area contributed by atoms with Crippen LogP contribution in [-0.4, -0.2) is 9.97 Å². The lowest BCUT2D eigenvalue weighted by atomic mass is 10.1. The molecule has 0 aliphatic rings. The van der Waals surface area contributed by atoms with Crippen molar-refractivity contribution in [2.45, 2.75) is 6.92 Å². The number of nitrogen functional groups attached to an aromatic ring is 1. The van der Waals surface area contributed by atoms with E-state index >= 15 is 0 Å². The molecule has 0 saturated carbocycles. The highest BCUT2D eigenvalue weighted by molar-refractivity contribution is 7.08. The summed E-state index contributed by atoms with van der Waals surface area (Å²) >= 11 is 1.65. The number of hydrogen-bond acceptors (Lipinski definition) is 4.